The molecule has 1 aromatic carbocycles. The van der Waals surface area contributed by atoms with Crippen LogP contribution in [-0.4, -0.2) is 17.9 Å². The second-order valence-corrected chi connectivity index (χ2v) is 3.34. The van der Waals surface area contributed by atoms with Crippen molar-refractivity contribution in [2.75, 3.05) is 5.73 Å². The van der Waals surface area contributed by atoms with E-state index in [1.165, 1.54) is 19.1 Å². The van der Waals surface area contributed by atoms with Gasteiger partial charge in [-0.3, -0.25) is 9.59 Å². The van der Waals surface area contributed by atoms with Crippen LogP contribution in [0, 0.1) is 5.82 Å². The molecular formula is C10H12FN3O2. The number of amides is 2. The fraction of sp³-hybridized carbons (Fsp3) is 0.200. The molecule has 5 N–H and O–H groups in total. The van der Waals surface area contributed by atoms with Crippen molar-refractivity contribution in [3.8, 4) is 0 Å². The van der Waals surface area contributed by atoms with Crippen LogP contribution in [0.4, 0.5) is 10.1 Å². The summed E-state index contributed by atoms with van der Waals surface area (Å²) in [6, 6.07) is 2.81. The molecule has 0 heterocycles. The van der Waals surface area contributed by atoms with E-state index in [2.05, 4.69) is 5.32 Å². The largest absolute Gasteiger partial charge is 0.399 e. The summed E-state index contributed by atoms with van der Waals surface area (Å²) in [5, 5.41) is 2.26. The van der Waals surface area contributed by atoms with Crippen LogP contribution in [0.15, 0.2) is 18.2 Å². The second kappa shape index (κ2) is 4.61. The smallest absolute Gasteiger partial charge is 0.254 e. The highest BCUT2D eigenvalue weighted by atomic mass is 19.1. The summed E-state index contributed by atoms with van der Waals surface area (Å²) in [6.07, 6.45) is 0. The Bertz CT molecular complexity index is 434. The minimum Gasteiger partial charge on any atom is -0.399 e. The summed E-state index contributed by atoms with van der Waals surface area (Å²) >= 11 is 0. The number of rotatable bonds is 3. The zero-order valence-corrected chi connectivity index (χ0v) is 8.66. The van der Waals surface area contributed by atoms with Gasteiger partial charge >= 0.3 is 0 Å². The van der Waals surface area contributed by atoms with Gasteiger partial charge in [0.1, 0.15) is 11.9 Å². The zero-order chi connectivity index (χ0) is 12.3. The molecule has 16 heavy (non-hydrogen) atoms. The van der Waals surface area contributed by atoms with E-state index in [4.69, 9.17) is 11.5 Å². The van der Waals surface area contributed by atoms with Crippen LogP contribution in [0.5, 0.6) is 0 Å². The van der Waals surface area contributed by atoms with E-state index in [-0.39, 0.29) is 11.3 Å². The van der Waals surface area contributed by atoms with Gasteiger partial charge in [0, 0.05) is 5.69 Å². The molecule has 1 atom stereocenters. The molecule has 1 rings (SSSR count). The number of hydrogen-bond acceptors (Lipinski definition) is 3. The zero-order valence-electron chi connectivity index (χ0n) is 8.66. The number of nitrogens with two attached hydrogens (primary N) is 2. The summed E-state index contributed by atoms with van der Waals surface area (Å²) in [5.74, 6) is -2.14. The topological polar surface area (TPSA) is 98.2 Å². The van der Waals surface area contributed by atoms with Crippen LogP contribution >= 0.6 is 0 Å². The number of carbonyl (C=O) groups is 2. The maximum Gasteiger partial charge on any atom is 0.254 e. The fourth-order valence-electron chi connectivity index (χ4n) is 1.06. The summed E-state index contributed by atoms with van der Waals surface area (Å²) in [7, 11) is 0. The van der Waals surface area contributed by atoms with E-state index in [1.807, 2.05) is 0 Å². The number of halogens is 1. The molecule has 0 aliphatic heterocycles. The van der Waals surface area contributed by atoms with Gasteiger partial charge in [-0.25, -0.2) is 4.39 Å². The molecule has 0 fully saturated rings. The molecular weight excluding hydrogens is 213 g/mol. The second-order valence-electron chi connectivity index (χ2n) is 3.34. The molecule has 6 heteroatoms. The molecule has 0 spiro atoms. The van der Waals surface area contributed by atoms with Crippen LogP contribution < -0.4 is 16.8 Å². The maximum absolute atomic E-state index is 13.3. The van der Waals surface area contributed by atoms with E-state index in [1.54, 1.807) is 0 Å². The lowest BCUT2D eigenvalue weighted by Crippen LogP contribution is -2.42. The third kappa shape index (κ3) is 2.69. The van der Waals surface area contributed by atoms with E-state index >= 15 is 0 Å². The molecule has 0 aromatic heterocycles. The van der Waals surface area contributed by atoms with Gasteiger partial charge in [0.05, 0.1) is 5.56 Å². The predicted octanol–water partition coefficient (Wildman–Crippen LogP) is 0.0115. The van der Waals surface area contributed by atoms with Gasteiger partial charge in [-0.15, -0.1) is 0 Å². The van der Waals surface area contributed by atoms with Crippen molar-refractivity contribution in [1.82, 2.24) is 5.32 Å². The Balaban J connectivity index is 2.85. The average molecular weight is 225 g/mol. The Morgan fingerprint density at radius 2 is 2.06 bits per heavy atom. The van der Waals surface area contributed by atoms with Gasteiger partial charge in [-0.1, -0.05) is 0 Å². The first-order chi connectivity index (χ1) is 7.41. The third-order valence-electron chi connectivity index (χ3n) is 2.01. The molecule has 1 aromatic rings. The van der Waals surface area contributed by atoms with Crippen molar-refractivity contribution >= 4 is 17.5 Å². The standard InChI is InChI=1S/C10H12FN3O2/c1-5(9(13)15)14-10(16)7-3-2-6(12)4-8(7)11/h2-5H,12H2,1H3,(H2,13,15)(H,14,16). The van der Waals surface area contributed by atoms with Crippen molar-refractivity contribution < 1.29 is 14.0 Å². The summed E-state index contributed by atoms with van der Waals surface area (Å²) in [4.78, 5) is 22.2. The number of nitrogens with one attached hydrogen (secondary N) is 1. The van der Waals surface area contributed by atoms with Crippen LogP contribution in [0.1, 0.15) is 17.3 Å². The van der Waals surface area contributed by atoms with Gasteiger partial charge < -0.3 is 16.8 Å². The van der Waals surface area contributed by atoms with Crippen molar-refractivity contribution in [2.24, 2.45) is 5.73 Å². The molecule has 86 valence electrons. The molecule has 0 bridgehead atoms. The number of nitrogen functional groups attached to an aromatic ring is 1. The Hall–Kier alpha value is -2.11. The summed E-state index contributed by atoms with van der Waals surface area (Å²) in [6.45, 7) is 1.41. The van der Waals surface area contributed by atoms with Gasteiger partial charge in [-0.05, 0) is 25.1 Å². The highest BCUT2D eigenvalue weighted by Gasteiger charge is 2.16. The van der Waals surface area contributed by atoms with E-state index in [0.717, 1.165) is 6.07 Å². The summed E-state index contributed by atoms with van der Waals surface area (Å²) < 4.78 is 13.3. The Labute approximate surface area is 91.6 Å². The number of anilines is 1. The Morgan fingerprint density at radius 3 is 2.56 bits per heavy atom. The quantitative estimate of drug-likeness (QED) is 0.632. The monoisotopic (exact) mass is 225 g/mol. The lowest BCUT2D eigenvalue weighted by Gasteiger charge is -2.10. The maximum atomic E-state index is 13.3. The minimum atomic E-state index is -0.857. The van der Waals surface area contributed by atoms with Gasteiger partial charge in [0.2, 0.25) is 5.91 Å². The highest BCUT2D eigenvalue weighted by Crippen LogP contribution is 2.11. The SMILES string of the molecule is CC(NC(=O)c1ccc(N)cc1F)C(N)=O. The molecule has 0 aliphatic rings. The normalized spacial score (nSPS) is 11.9. The van der Waals surface area contributed by atoms with Crippen LogP contribution in [0.2, 0.25) is 0 Å². The first-order valence-corrected chi connectivity index (χ1v) is 4.57. The predicted molar refractivity (Wildman–Crippen MR) is 56.9 cm³/mol. The van der Waals surface area contributed by atoms with Crippen molar-refractivity contribution in [1.29, 1.82) is 0 Å². The Morgan fingerprint density at radius 1 is 1.44 bits per heavy atom. The third-order valence-corrected chi connectivity index (χ3v) is 2.01. The Kier molecular flexibility index (Phi) is 3.44. The molecule has 0 saturated heterocycles. The highest BCUT2D eigenvalue weighted by molar-refractivity contribution is 5.97. The van der Waals surface area contributed by atoms with Crippen LogP contribution in [0.3, 0.4) is 0 Å². The molecule has 0 aliphatic carbocycles. The lowest BCUT2D eigenvalue weighted by molar-refractivity contribution is -0.119. The molecule has 1 unspecified atom stereocenters. The first kappa shape index (κ1) is 12.0. The molecule has 2 amide bonds. The number of hydrogen-bond donors (Lipinski definition) is 3. The van der Waals surface area contributed by atoms with E-state index in [9.17, 15) is 14.0 Å². The van der Waals surface area contributed by atoms with Gasteiger partial charge in [-0.2, -0.15) is 0 Å². The van der Waals surface area contributed by atoms with Crippen LogP contribution in [-0.2, 0) is 4.79 Å². The van der Waals surface area contributed by atoms with Crippen molar-refractivity contribution in [3.05, 3.63) is 29.6 Å². The molecule has 5 nitrogen and oxygen atoms in total. The number of carbonyl (C=O) groups excluding carboxylic acids is 2. The average Bonchev–Trinajstić information content (AvgIpc) is 2.16. The van der Waals surface area contributed by atoms with Crippen molar-refractivity contribution in [2.45, 2.75) is 13.0 Å². The van der Waals surface area contributed by atoms with Gasteiger partial charge in [0.25, 0.3) is 5.91 Å². The lowest BCUT2D eigenvalue weighted by atomic mass is 10.1. The van der Waals surface area contributed by atoms with Crippen molar-refractivity contribution in [3.63, 3.8) is 0 Å². The van der Waals surface area contributed by atoms with Crippen LogP contribution in [0.25, 0.3) is 0 Å². The minimum absolute atomic E-state index is 0.178. The van der Waals surface area contributed by atoms with E-state index < -0.39 is 23.7 Å². The summed E-state index contributed by atoms with van der Waals surface area (Å²) in [5.41, 5.74) is 10.3. The molecule has 0 saturated carbocycles. The van der Waals surface area contributed by atoms with E-state index in [0.29, 0.717) is 0 Å². The molecule has 0 radical (unpaired) electrons. The van der Waals surface area contributed by atoms with Gasteiger partial charge in [0.15, 0.2) is 0 Å². The fourth-order valence-corrected chi connectivity index (χ4v) is 1.06. The first-order valence-electron chi connectivity index (χ1n) is 4.57. The number of primary amides is 1. The number of benzene rings is 1.